The number of hydrogen-bond donors (Lipinski definition) is 2. The molecule has 0 aliphatic carbocycles. The van der Waals surface area contributed by atoms with Crippen LogP contribution in [0.4, 0.5) is 5.69 Å². The van der Waals surface area contributed by atoms with Gasteiger partial charge in [0.1, 0.15) is 18.2 Å². The predicted molar refractivity (Wildman–Crippen MR) is 132 cm³/mol. The molecule has 1 aromatic heterocycles. The lowest BCUT2D eigenvalue weighted by molar-refractivity contribution is 0.102. The van der Waals surface area contributed by atoms with Crippen LogP contribution in [0, 0.1) is 0 Å². The molecule has 162 valence electrons. The lowest BCUT2D eigenvalue weighted by Gasteiger charge is -2.09. The van der Waals surface area contributed by atoms with E-state index < -0.39 is 0 Å². The van der Waals surface area contributed by atoms with Crippen molar-refractivity contribution in [3.63, 3.8) is 0 Å². The third-order valence-electron chi connectivity index (χ3n) is 5.21. The van der Waals surface area contributed by atoms with Crippen LogP contribution in [0.25, 0.3) is 22.4 Å². The number of carbonyl (C=O) groups is 1. The van der Waals surface area contributed by atoms with E-state index in [1.54, 1.807) is 12.1 Å². The Bertz CT molecular complexity index is 1410. The van der Waals surface area contributed by atoms with Gasteiger partial charge in [-0.2, -0.15) is 0 Å². The molecule has 5 nitrogen and oxygen atoms in total. The van der Waals surface area contributed by atoms with Crippen molar-refractivity contribution >= 4 is 34.2 Å². The van der Waals surface area contributed by atoms with Crippen molar-refractivity contribution < 1.29 is 9.53 Å². The van der Waals surface area contributed by atoms with Crippen LogP contribution in [0.1, 0.15) is 15.9 Å². The number of H-pyrrole nitrogens is 1. The second-order valence-electron chi connectivity index (χ2n) is 7.58. The highest BCUT2D eigenvalue weighted by Gasteiger charge is 2.09. The Balaban J connectivity index is 1.26. The van der Waals surface area contributed by atoms with E-state index in [0.29, 0.717) is 28.6 Å². The number of rotatable bonds is 6. The summed E-state index contributed by atoms with van der Waals surface area (Å²) in [5.41, 5.74) is 4.93. The number of imidazole rings is 1. The minimum absolute atomic E-state index is 0.203. The summed E-state index contributed by atoms with van der Waals surface area (Å²) in [6, 6.07) is 30.1. The van der Waals surface area contributed by atoms with E-state index in [1.165, 1.54) is 0 Å². The Labute approximate surface area is 196 Å². The van der Waals surface area contributed by atoms with E-state index >= 15 is 0 Å². The topological polar surface area (TPSA) is 67.0 Å². The molecule has 0 atom stereocenters. The summed E-state index contributed by atoms with van der Waals surface area (Å²) in [6.45, 7) is 0.446. The van der Waals surface area contributed by atoms with Crippen molar-refractivity contribution in [3.05, 3.63) is 113 Å². The van der Waals surface area contributed by atoms with Crippen LogP contribution in [-0.4, -0.2) is 15.9 Å². The number of fused-ring (bicyclic) bond motifs is 1. The first-order valence-electron chi connectivity index (χ1n) is 10.5. The SMILES string of the molecule is O=C(Nc1ccc(-c2nc3cc(Cl)ccc3[nH]2)cc1)c1cccc(OCc2ccccc2)c1. The first kappa shape index (κ1) is 20.8. The Morgan fingerprint density at radius 2 is 1.73 bits per heavy atom. The number of aromatic amines is 1. The maximum absolute atomic E-state index is 12.7. The van der Waals surface area contributed by atoms with Crippen molar-refractivity contribution in [2.45, 2.75) is 6.61 Å². The maximum Gasteiger partial charge on any atom is 0.255 e. The maximum atomic E-state index is 12.7. The zero-order chi connectivity index (χ0) is 22.6. The molecule has 1 heterocycles. The first-order chi connectivity index (χ1) is 16.1. The number of aromatic nitrogens is 2. The number of anilines is 1. The molecule has 0 bridgehead atoms. The molecule has 0 saturated carbocycles. The van der Waals surface area contributed by atoms with Gasteiger partial charge in [-0.25, -0.2) is 4.98 Å². The molecule has 2 N–H and O–H groups in total. The Morgan fingerprint density at radius 1 is 0.909 bits per heavy atom. The quantitative estimate of drug-likeness (QED) is 0.300. The van der Waals surface area contributed by atoms with Gasteiger partial charge in [-0.1, -0.05) is 48.0 Å². The lowest BCUT2D eigenvalue weighted by atomic mass is 10.1. The number of amides is 1. The van der Waals surface area contributed by atoms with E-state index in [1.807, 2.05) is 84.9 Å². The van der Waals surface area contributed by atoms with Gasteiger partial charge >= 0.3 is 0 Å². The minimum Gasteiger partial charge on any atom is -0.489 e. The number of ether oxygens (including phenoxy) is 1. The van der Waals surface area contributed by atoms with E-state index in [4.69, 9.17) is 16.3 Å². The Kier molecular flexibility index (Phi) is 5.79. The molecule has 0 saturated heterocycles. The molecule has 0 spiro atoms. The zero-order valence-electron chi connectivity index (χ0n) is 17.6. The van der Waals surface area contributed by atoms with Crippen molar-refractivity contribution in [2.24, 2.45) is 0 Å². The summed E-state index contributed by atoms with van der Waals surface area (Å²) >= 11 is 6.05. The highest BCUT2D eigenvalue weighted by Crippen LogP contribution is 2.24. The van der Waals surface area contributed by atoms with E-state index in [0.717, 1.165) is 28.0 Å². The molecular weight excluding hydrogens is 434 g/mol. The van der Waals surface area contributed by atoms with Gasteiger partial charge in [-0.05, 0) is 66.2 Å². The number of halogens is 1. The summed E-state index contributed by atoms with van der Waals surface area (Å²) in [5.74, 6) is 1.19. The zero-order valence-corrected chi connectivity index (χ0v) is 18.3. The van der Waals surface area contributed by atoms with Gasteiger partial charge < -0.3 is 15.0 Å². The van der Waals surface area contributed by atoms with Crippen LogP contribution in [0.3, 0.4) is 0 Å². The number of carbonyl (C=O) groups excluding carboxylic acids is 1. The summed E-state index contributed by atoms with van der Waals surface area (Å²) < 4.78 is 5.83. The van der Waals surface area contributed by atoms with Gasteiger partial charge in [-0.15, -0.1) is 0 Å². The third-order valence-corrected chi connectivity index (χ3v) is 5.44. The average Bonchev–Trinajstić information content (AvgIpc) is 3.27. The molecule has 0 aliphatic heterocycles. The van der Waals surface area contributed by atoms with E-state index in [9.17, 15) is 4.79 Å². The highest BCUT2D eigenvalue weighted by molar-refractivity contribution is 6.31. The van der Waals surface area contributed by atoms with Crippen LogP contribution in [0.15, 0.2) is 97.1 Å². The molecular formula is C27H20ClN3O2. The molecule has 0 aliphatic rings. The Hall–Kier alpha value is -4.09. The molecule has 5 rings (SSSR count). The average molecular weight is 454 g/mol. The molecule has 4 aromatic carbocycles. The lowest BCUT2D eigenvalue weighted by Crippen LogP contribution is -2.12. The molecule has 1 amide bonds. The van der Waals surface area contributed by atoms with Gasteiger partial charge in [0.25, 0.3) is 5.91 Å². The predicted octanol–water partition coefficient (Wildman–Crippen LogP) is 6.71. The van der Waals surface area contributed by atoms with Crippen molar-refractivity contribution in [1.82, 2.24) is 9.97 Å². The molecule has 5 aromatic rings. The standard InChI is InChI=1S/C27H20ClN3O2/c28-21-11-14-24-25(16-21)31-26(30-24)19-9-12-22(13-10-19)29-27(32)20-7-4-8-23(15-20)33-17-18-5-2-1-3-6-18/h1-16H,17H2,(H,29,32)(H,30,31). The summed E-state index contributed by atoms with van der Waals surface area (Å²) in [6.07, 6.45) is 0. The van der Waals surface area contributed by atoms with Gasteiger partial charge in [0.15, 0.2) is 0 Å². The smallest absolute Gasteiger partial charge is 0.255 e. The van der Waals surface area contributed by atoms with Gasteiger partial charge in [-0.3, -0.25) is 4.79 Å². The summed E-state index contributed by atoms with van der Waals surface area (Å²) in [5, 5.41) is 3.58. The number of benzene rings is 4. The molecule has 0 radical (unpaired) electrons. The highest BCUT2D eigenvalue weighted by atomic mass is 35.5. The van der Waals surface area contributed by atoms with E-state index in [2.05, 4.69) is 15.3 Å². The third kappa shape index (κ3) is 4.89. The number of nitrogens with one attached hydrogen (secondary N) is 2. The largest absolute Gasteiger partial charge is 0.489 e. The first-order valence-corrected chi connectivity index (χ1v) is 10.9. The van der Waals surface area contributed by atoms with Crippen molar-refractivity contribution in [1.29, 1.82) is 0 Å². The van der Waals surface area contributed by atoms with Crippen LogP contribution in [-0.2, 0) is 6.61 Å². The molecule has 0 fully saturated rings. The fourth-order valence-corrected chi connectivity index (χ4v) is 3.66. The molecule has 33 heavy (non-hydrogen) atoms. The van der Waals surface area contributed by atoms with Gasteiger partial charge in [0.05, 0.1) is 11.0 Å². The fraction of sp³-hybridized carbons (Fsp3) is 0.0370. The Morgan fingerprint density at radius 3 is 2.55 bits per heavy atom. The number of nitrogens with zero attached hydrogens (tertiary/aromatic N) is 1. The summed E-state index contributed by atoms with van der Waals surface area (Å²) in [7, 11) is 0. The van der Waals surface area contributed by atoms with Crippen LogP contribution in [0.5, 0.6) is 5.75 Å². The van der Waals surface area contributed by atoms with Gasteiger partial charge in [0, 0.05) is 21.8 Å². The van der Waals surface area contributed by atoms with E-state index in [-0.39, 0.29) is 5.91 Å². The molecule has 6 heteroatoms. The van der Waals surface area contributed by atoms with Crippen molar-refractivity contribution in [2.75, 3.05) is 5.32 Å². The second kappa shape index (κ2) is 9.18. The van der Waals surface area contributed by atoms with Crippen LogP contribution in [0.2, 0.25) is 5.02 Å². The monoisotopic (exact) mass is 453 g/mol. The second-order valence-corrected chi connectivity index (χ2v) is 8.02. The summed E-state index contributed by atoms with van der Waals surface area (Å²) in [4.78, 5) is 20.6. The number of hydrogen-bond acceptors (Lipinski definition) is 3. The fourth-order valence-electron chi connectivity index (χ4n) is 3.50. The minimum atomic E-state index is -0.203. The van der Waals surface area contributed by atoms with Gasteiger partial charge in [0.2, 0.25) is 0 Å². The molecule has 0 unspecified atom stereocenters. The van der Waals surface area contributed by atoms with Crippen LogP contribution >= 0.6 is 11.6 Å². The van der Waals surface area contributed by atoms with Crippen molar-refractivity contribution in [3.8, 4) is 17.1 Å². The normalized spacial score (nSPS) is 10.8. The van der Waals surface area contributed by atoms with Crippen LogP contribution < -0.4 is 10.1 Å².